The van der Waals surface area contributed by atoms with Crippen LogP contribution in [0.2, 0.25) is 0 Å². The van der Waals surface area contributed by atoms with E-state index in [4.69, 9.17) is 24.3 Å². The van der Waals surface area contributed by atoms with E-state index in [2.05, 4.69) is 13.8 Å². The highest BCUT2D eigenvalue weighted by Gasteiger charge is 2.26. The third-order valence-electron chi connectivity index (χ3n) is 9.74. The molecule has 2 atom stereocenters. The van der Waals surface area contributed by atoms with Crippen molar-refractivity contribution in [2.24, 2.45) is 5.73 Å². The Bertz CT molecular complexity index is 830. The predicted molar refractivity (Wildman–Crippen MR) is 215 cm³/mol. The van der Waals surface area contributed by atoms with Gasteiger partial charge in [-0.15, -0.1) is 0 Å². The van der Waals surface area contributed by atoms with Crippen LogP contribution in [0.25, 0.3) is 0 Å². The number of phosphoric acid groups is 1. The molecule has 3 N–H and O–H groups in total. The van der Waals surface area contributed by atoms with Crippen LogP contribution in [-0.2, 0) is 32.7 Å². The molecule has 0 bridgehead atoms. The minimum absolute atomic E-state index is 0.0580. The van der Waals surface area contributed by atoms with Crippen LogP contribution >= 0.6 is 7.82 Å². The summed E-state index contributed by atoms with van der Waals surface area (Å²) in [5.41, 5.74) is 5.34. The fourth-order valence-electron chi connectivity index (χ4n) is 6.46. The van der Waals surface area contributed by atoms with Crippen molar-refractivity contribution in [3.63, 3.8) is 0 Å². The van der Waals surface area contributed by atoms with Crippen LogP contribution < -0.4 is 5.73 Å². The van der Waals surface area contributed by atoms with Gasteiger partial charge < -0.3 is 20.1 Å². The van der Waals surface area contributed by atoms with Crippen molar-refractivity contribution in [2.75, 3.05) is 26.4 Å². The number of hydrogen-bond acceptors (Lipinski definition) is 8. The average Bonchev–Trinajstić information content (AvgIpc) is 3.13. The summed E-state index contributed by atoms with van der Waals surface area (Å²) in [5, 5.41) is 0. The molecule has 52 heavy (non-hydrogen) atoms. The van der Waals surface area contributed by atoms with Gasteiger partial charge in [0.05, 0.1) is 13.2 Å². The van der Waals surface area contributed by atoms with Crippen LogP contribution in [0, 0.1) is 0 Å². The molecule has 0 fully saturated rings. The first kappa shape index (κ1) is 51.0. The maximum atomic E-state index is 12.6. The van der Waals surface area contributed by atoms with Gasteiger partial charge in [-0.2, -0.15) is 0 Å². The highest BCUT2D eigenvalue weighted by molar-refractivity contribution is 7.47. The Morgan fingerprint density at radius 3 is 1.17 bits per heavy atom. The lowest BCUT2D eigenvalue weighted by atomic mass is 10.0. The van der Waals surface area contributed by atoms with E-state index in [-0.39, 0.29) is 38.6 Å². The first-order valence-electron chi connectivity index (χ1n) is 22.0. The van der Waals surface area contributed by atoms with E-state index in [1.165, 1.54) is 161 Å². The topological polar surface area (TPSA) is 134 Å². The van der Waals surface area contributed by atoms with Crippen molar-refractivity contribution in [2.45, 2.75) is 232 Å². The summed E-state index contributed by atoms with van der Waals surface area (Å²) >= 11 is 0. The first-order chi connectivity index (χ1) is 25.3. The molecule has 0 rings (SSSR count). The molecule has 0 amide bonds. The van der Waals surface area contributed by atoms with Crippen molar-refractivity contribution in [1.29, 1.82) is 0 Å². The molecular weight excluding hydrogens is 677 g/mol. The lowest BCUT2D eigenvalue weighted by Crippen LogP contribution is -2.29. The maximum absolute atomic E-state index is 12.6. The molecule has 0 saturated carbocycles. The van der Waals surface area contributed by atoms with E-state index in [1.807, 2.05) is 0 Å². The van der Waals surface area contributed by atoms with Crippen molar-refractivity contribution in [1.82, 2.24) is 0 Å². The molecule has 0 aromatic carbocycles. The van der Waals surface area contributed by atoms with Gasteiger partial charge in [-0.1, -0.05) is 200 Å². The summed E-state index contributed by atoms with van der Waals surface area (Å²) in [4.78, 5) is 34.8. The smallest absolute Gasteiger partial charge is 0.462 e. The van der Waals surface area contributed by atoms with Gasteiger partial charge in [0.2, 0.25) is 0 Å². The summed E-state index contributed by atoms with van der Waals surface area (Å²) in [5.74, 6) is -0.813. The third-order valence-corrected chi connectivity index (χ3v) is 10.7. The number of rotatable bonds is 42. The Hall–Kier alpha value is -0.990. The highest BCUT2D eigenvalue weighted by atomic mass is 31.2. The Morgan fingerprint density at radius 1 is 0.500 bits per heavy atom. The van der Waals surface area contributed by atoms with Crippen LogP contribution in [0.4, 0.5) is 0 Å². The average molecular weight is 762 g/mol. The quantitative estimate of drug-likeness (QED) is 0.0354. The second-order valence-electron chi connectivity index (χ2n) is 14.9. The minimum atomic E-state index is -4.37. The fraction of sp³-hybridized carbons (Fsp3) is 0.952. The zero-order valence-corrected chi connectivity index (χ0v) is 35.0. The fourth-order valence-corrected chi connectivity index (χ4v) is 7.23. The summed E-state index contributed by atoms with van der Waals surface area (Å²) in [6.45, 7) is 3.77. The molecule has 9 nitrogen and oxygen atoms in total. The Morgan fingerprint density at radius 2 is 0.827 bits per heavy atom. The largest absolute Gasteiger partial charge is 0.472 e. The van der Waals surface area contributed by atoms with E-state index < -0.39 is 26.5 Å². The van der Waals surface area contributed by atoms with Crippen LogP contribution in [0.1, 0.15) is 226 Å². The second kappa shape index (κ2) is 39.7. The number of carbonyl (C=O) groups is 2. The molecule has 0 aromatic heterocycles. The van der Waals surface area contributed by atoms with Gasteiger partial charge in [-0.25, -0.2) is 4.57 Å². The number of unbranched alkanes of at least 4 members (excludes halogenated alkanes) is 29. The van der Waals surface area contributed by atoms with Gasteiger partial charge in [0, 0.05) is 19.4 Å². The van der Waals surface area contributed by atoms with Crippen molar-refractivity contribution >= 4 is 19.8 Å². The van der Waals surface area contributed by atoms with E-state index in [0.717, 1.165) is 32.1 Å². The molecular formula is C42H84NO8P. The van der Waals surface area contributed by atoms with Crippen LogP contribution in [-0.4, -0.2) is 49.3 Å². The lowest BCUT2D eigenvalue weighted by Gasteiger charge is -2.19. The molecule has 310 valence electrons. The number of hydrogen-bond donors (Lipinski definition) is 2. The first-order valence-corrected chi connectivity index (χ1v) is 23.5. The van der Waals surface area contributed by atoms with Crippen molar-refractivity contribution < 1.29 is 37.6 Å². The van der Waals surface area contributed by atoms with Gasteiger partial charge >= 0.3 is 19.8 Å². The molecule has 0 aliphatic heterocycles. The Kier molecular flexibility index (Phi) is 38.9. The van der Waals surface area contributed by atoms with E-state index >= 15 is 0 Å². The van der Waals surface area contributed by atoms with Crippen molar-refractivity contribution in [3.8, 4) is 0 Å². The normalized spacial score (nSPS) is 13.2. The molecule has 0 radical (unpaired) electrons. The zero-order chi connectivity index (χ0) is 38.2. The number of nitrogens with two attached hydrogens (primary N) is 1. The van der Waals surface area contributed by atoms with Crippen molar-refractivity contribution in [3.05, 3.63) is 0 Å². The third kappa shape index (κ3) is 38.7. The van der Waals surface area contributed by atoms with Gasteiger partial charge in [-0.05, 0) is 12.8 Å². The summed E-state index contributed by atoms with van der Waals surface area (Å²) in [6.07, 6.45) is 38.4. The van der Waals surface area contributed by atoms with E-state index in [0.29, 0.717) is 6.42 Å². The van der Waals surface area contributed by atoms with Gasteiger partial charge in [0.25, 0.3) is 0 Å². The SMILES string of the molecule is CCCCCCCCCCCCCCCCCCCCC(=O)OCC(COP(=O)(O)OCCN)OC(=O)CCCCCCCCCCCCCCC. The number of esters is 2. The van der Waals surface area contributed by atoms with E-state index in [9.17, 15) is 19.0 Å². The minimum Gasteiger partial charge on any atom is -0.462 e. The maximum Gasteiger partial charge on any atom is 0.472 e. The predicted octanol–water partition coefficient (Wildman–Crippen LogP) is 12.4. The standard InChI is InChI=1S/C42H84NO8P/c1-3-5-7-9-11-13-15-17-18-19-20-21-23-24-26-28-30-32-34-41(44)48-38-40(39-50-52(46,47)49-37-36-43)51-42(45)35-33-31-29-27-25-22-16-14-12-10-8-6-4-2/h40H,3-39,43H2,1-2H3,(H,46,47). The second-order valence-corrected chi connectivity index (χ2v) is 16.4. The molecule has 10 heteroatoms. The van der Waals surface area contributed by atoms with Gasteiger partial charge in [0.15, 0.2) is 6.10 Å². The number of phosphoric ester groups is 1. The van der Waals surface area contributed by atoms with E-state index in [1.54, 1.807) is 0 Å². The van der Waals surface area contributed by atoms with Gasteiger partial charge in [-0.3, -0.25) is 18.6 Å². The molecule has 0 aliphatic carbocycles. The van der Waals surface area contributed by atoms with Gasteiger partial charge in [0.1, 0.15) is 6.61 Å². The zero-order valence-electron chi connectivity index (χ0n) is 34.1. The Balaban J connectivity index is 4.07. The van der Waals surface area contributed by atoms with Crippen LogP contribution in [0.5, 0.6) is 0 Å². The monoisotopic (exact) mass is 762 g/mol. The molecule has 0 aromatic rings. The number of ether oxygens (including phenoxy) is 2. The molecule has 0 aliphatic rings. The molecule has 0 saturated heterocycles. The Labute approximate surface area is 320 Å². The van der Waals surface area contributed by atoms with Crippen LogP contribution in [0.15, 0.2) is 0 Å². The highest BCUT2D eigenvalue weighted by Crippen LogP contribution is 2.43. The summed E-state index contributed by atoms with van der Waals surface area (Å²) in [7, 11) is -4.37. The number of carbonyl (C=O) groups excluding carboxylic acids is 2. The molecule has 0 heterocycles. The van der Waals surface area contributed by atoms with Crippen LogP contribution in [0.3, 0.4) is 0 Å². The summed E-state index contributed by atoms with van der Waals surface area (Å²) < 4.78 is 32.8. The lowest BCUT2D eigenvalue weighted by molar-refractivity contribution is -0.161. The molecule has 2 unspecified atom stereocenters. The molecule has 0 spiro atoms. The summed E-state index contributed by atoms with van der Waals surface area (Å²) in [6, 6.07) is 0.